The fraction of sp³-hybridized carbons (Fsp3) is 0.160. The van der Waals surface area contributed by atoms with Gasteiger partial charge in [0.15, 0.2) is 0 Å². The zero-order valence-corrected chi connectivity index (χ0v) is 18.3. The van der Waals surface area contributed by atoms with Crippen molar-refractivity contribution in [3.8, 4) is 5.75 Å². The van der Waals surface area contributed by atoms with Gasteiger partial charge in [-0.15, -0.1) is 0 Å². The maximum Gasteiger partial charge on any atom is 0.269 e. The van der Waals surface area contributed by atoms with E-state index >= 15 is 0 Å². The molecule has 0 spiro atoms. The summed E-state index contributed by atoms with van der Waals surface area (Å²) in [6, 6.07) is 22.7. The summed E-state index contributed by atoms with van der Waals surface area (Å²) in [7, 11) is 1.62. The fourth-order valence-corrected chi connectivity index (χ4v) is 4.35. The molecule has 0 unspecified atom stereocenters. The highest BCUT2D eigenvalue weighted by atomic mass is 16.6. The number of nitro groups is 1. The first-order chi connectivity index (χ1) is 16.6. The van der Waals surface area contributed by atoms with E-state index in [9.17, 15) is 14.9 Å². The molecule has 3 aromatic carbocycles. The monoisotopic (exact) mass is 455 g/mol. The number of methoxy groups -OCH3 is 1. The fourth-order valence-electron chi connectivity index (χ4n) is 4.35. The number of fused-ring (bicyclic) bond motifs is 1. The predicted molar refractivity (Wildman–Crippen MR) is 125 cm³/mol. The molecule has 4 aromatic rings. The number of benzene rings is 3. The van der Waals surface area contributed by atoms with E-state index in [0.29, 0.717) is 17.9 Å². The maximum absolute atomic E-state index is 13.7. The first-order valence-electron chi connectivity index (χ1n) is 10.7. The van der Waals surface area contributed by atoms with Crippen LogP contribution in [0.3, 0.4) is 0 Å². The van der Waals surface area contributed by atoms with E-state index in [1.54, 1.807) is 16.7 Å². The summed E-state index contributed by atoms with van der Waals surface area (Å²) in [5, 5.41) is 15.5. The lowest BCUT2D eigenvalue weighted by atomic mass is 9.91. The van der Waals surface area contributed by atoms with E-state index in [2.05, 4.69) is 10.1 Å². The van der Waals surface area contributed by atoms with Crippen LogP contribution in [0.1, 0.15) is 40.0 Å². The van der Waals surface area contributed by atoms with Crippen molar-refractivity contribution in [3.63, 3.8) is 0 Å². The van der Waals surface area contributed by atoms with Gasteiger partial charge in [-0.05, 0) is 41.8 Å². The van der Waals surface area contributed by atoms with Gasteiger partial charge in [0.2, 0.25) is 5.95 Å². The predicted octanol–water partition coefficient (Wildman–Crippen LogP) is 4.58. The van der Waals surface area contributed by atoms with E-state index in [4.69, 9.17) is 4.74 Å². The molecular weight excluding hydrogens is 434 g/mol. The molecule has 1 aliphatic heterocycles. The summed E-state index contributed by atoms with van der Waals surface area (Å²) in [5.41, 5.74) is 2.25. The largest absolute Gasteiger partial charge is 0.497 e. The van der Waals surface area contributed by atoms with Crippen LogP contribution in [0, 0.1) is 10.1 Å². The summed E-state index contributed by atoms with van der Waals surface area (Å²) in [6.07, 6.45) is 2.01. The molecule has 0 saturated carbocycles. The molecule has 170 valence electrons. The van der Waals surface area contributed by atoms with Gasteiger partial charge in [0.25, 0.3) is 11.6 Å². The van der Waals surface area contributed by atoms with Crippen LogP contribution >= 0.6 is 0 Å². The first-order valence-corrected chi connectivity index (χ1v) is 10.7. The molecule has 34 heavy (non-hydrogen) atoms. The Morgan fingerprint density at radius 3 is 2.29 bits per heavy atom. The molecule has 0 N–H and O–H groups in total. The Balaban J connectivity index is 1.59. The zero-order valence-electron chi connectivity index (χ0n) is 18.3. The number of non-ortho nitro benzene ring substituents is 1. The Hall–Kier alpha value is -4.53. The van der Waals surface area contributed by atoms with E-state index < -0.39 is 4.92 Å². The van der Waals surface area contributed by atoms with Crippen LogP contribution in [-0.2, 0) is 0 Å². The summed E-state index contributed by atoms with van der Waals surface area (Å²) < 4.78 is 7.05. The first kappa shape index (κ1) is 21.3. The Morgan fingerprint density at radius 2 is 1.65 bits per heavy atom. The van der Waals surface area contributed by atoms with Crippen LogP contribution in [0.4, 0.5) is 11.6 Å². The van der Waals surface area contributed by atoms with E-state index in [1.165, 1.54) is 30.6 Å². The number of nitrogens with zero attached hydrogens (tertiary/aromatic N) is 5. The van der Waals surface area contributed by atoms with Crippen molar-refractivity contribution in [1.82, 2.24) is 14.8 Å². The molecule has 5 rings (SSSR count). The number of rotatable bonds is 5. The Kier molecular flexibility index (Phi) is 5.51. The molecule has 1 aromatic heterocycles. The number of nitro benzene ring substituents is 1. The number of anilines is 1. The lowest BCUT2D eigenvalue weighted by Crippen LogP contribution is -2.42. The van der Waals surface area contributed by atoms with Crippen LogP contribution in [-0.4, -0.2) is 32.7 Å². The topological polar surface area (TPSA) is 103 Å². The van der Waals surface area contributed by atoms with E-state index in [0.717, 1.165) is 16.9 Å². The van der Waals surface area contributed by atoms with Gasteiger partial charge in [-0.3, -0.25) is 19.8 Å². The molecule has 0 radical (unpaired) electrons. The third-order valence-corrected chi connectivity index (χ3v) is 6.05. The highest BCUT2D eigenvalue weighted by molar-refractivity contribution is 6.06. The number of hydrogen-bond acceptors (Lipinski definition) is 6. The van der Waals surface area contributed by atoms with Crippen molar-refractivity contribution < 1.29 is 14.5 Å². The summed E-state index contributed by atoms with van der Waals surface area (Å²) in [6.45, 7) is 0. The minimum Gasteiger partial charge on any atom is -0.497 e. The van der Waals surface area contributed by atoms with Gasteiger partial charge < -0.3 is 4.74 Å². The molecule has 0 saturated heterocycles. The van der Waals surface area contributed by atoms with E-state index in [-0.39, 0.29) is 23.7 Å². The molecule has 9 nitrogen and oxygen atoms in total. The Morgan fingerprint density at radius 1 is 0.971 bits per heavy atom. The zero-order chi connectivity index (χ0) is 23.7. The summed E-state index contributed by atoms with van der Waals surface area (Å²) >= 11 is 0. The Labute approximate surface area is 195 Å². The van der Waals surface area contributed by atoms with Crippen LogP contribution in [0.15, 0.2) is 85.2 Å². The smallest absolute Gasteiger partial charge is 0.269 e. The number of aromatic nitrogens is 3. The van der Waals surface area contributed by atoms with Crippen LogP contribution in [0.5, 0.6) is 5.75 Å². The lowest BCUT2D eigenvalue weighted by molar-refractivity contribution is -0.384. The molecule has 0 aliphatic carbocycles. The van der Waals surface area contributed by atoms with Crippen molar-refractivity contribution in [3.05, 3.63) is 112 Å². The quantitative estimate of drug-likeness (QED) is 0.322. The minimum atomic E-state index is -0.488. The van der Waals surface area contributed by atoms with E-state index in [1.807, 2.05) is 54.6 Å². The molecule has 1 aliphatic rings. The second kappa shape index (κ2) is 8.78. The standard InChI is InChI=1S/C25H21N5O4/c1-34-21-13-9-18(10-14-21)23-15-22(17-5-3-2-4-6-17)28(25-26-16-27-29(23)25)24(31)19-7-11-20(12-8-19)30(32)33/h2-14,16,22-23H,15H2,1H3/t22-,23+/m1/s1. The van der Waals surface area contributed by atoms with Crippen molar-refractivity contribution >= 4 is 17.5 Å². The third-order valence-electron chi connectivity index (χ3n) is 6.05. The second-order valence-electron chi connectivity index (χ2n) is 7.93. The number of amides is 1. The van der Waals surface area contributed by atoms with Gasteiger partial charge in [0.1, 0.15) is 12.1 Å². The van der Waals surface area contributed by atoms with Gasteiger partial charge >= 0.3 is 0 Å². The normalized spacial score (nSPS) is 17.1. The third kappa shape index (κ3) is 3.77. The highest BCUT2D eigenvalue weighted by Gasteiger charge is 2.39. The number of ether oxygens (including phenoxy) is 1. The van der Waals surface area contributed by atoms with Crippen LogP contribution < -0.4 is 9.64 Å². The van der Waals surface area contributed by atoms with Gasteiger partial charge in [0, 0.05) is 17.7 Å². The van der Waals surface area contributed by atoms with Crippen molar-refractivity contribution in [1.29, 1.82) is 0 Å². The molecule has 0 bridgehead atoms. The molecular formula is C25H21N5O4. The lowest BCUT2D eigenvalue weighted by Gasteiger charge is -2.39. The highest BCUT2D eigenvalue weighted by Crippen LogP contribution is 2.42. The molecule has 0 fully saturated rings. The van der Waals surface area contributed by atoms with Crippen LogP contribution in [0.25, 0.3) is 0 Å². The summed E-state index contributed by atoms with van der Waals surface area (Å²) in [4.78, 5) is 30.3. The minimum absolute atomic E-state index is 0.0717. The SMILES string of the molecule is COc1ccc([C@@H]2C[C@H](c3ccccc3)N(C(=O)c3ccc([N+](=O)[O-])cc3)c3ncnn32)cc1. The average molecular weight is 455 g/mol. The summed E-state index contributed by atoms with van der Waals surface area (Å²) in [5.74, 6) is 0.878. The molecule has 2 heterocycles. The molecule has 9 heteroatoms. The van der Waals surface area contributed by atoms with Crippen molar-refractivity contribution in [2.45, 2.75) is 18.5 Å². The second-order valence-corrected chi connectivity index (χ2v) is 7.93. The van der Waals surface area contributed by atoms with Crippen molar-refractivity contribution in [2.24, 2.45) is 0 Å². The molecule has 2 atom stereocenters. The number of hydrogen-bond donors (Lipinski definition) is 0. The number of carbonyl (C=O) groups is 1. The maximum atomic E-state index is 13.7. The van der Waals surface area contributed by atoms with Gasteiger partial charge in [-0.1, -0.05) is 42.5 Å². The van der Waals surface area contributed by atoms with Gasteiger partial charge in [0.05, 0.1) is 24.1 Å². The van der Waals surface area contributed by atoms with Crippen LogP contribution in [0.2, 0.25) is 0 Å². The Bertz CT molecular complexity index is 1320. The van der Waals surface area contributed by atoms with Crippen molar-refractivity contribution in [2.75, 3.05) is 12.0 Å². The van der Waals surface area contributed by atoms with Gasteiger partial charge in [-0.2, -0.15) is 10.1 Å². The average Bonchev–Trinajstić information content (AvgIpc) is 3.38. The number of carbonyl (C=O) groups excluding carboxylic acids is 1. The molecule has 1 amide bonds. The van der Waals surface area contributed by atoms with Gasteiger partial charge in [-0.25, -0.2) is 4.68 Å².